The quantitative estimate of drug-likeness (QED) is 0.434. The predicted molar refractivity (Wildman–Crippen MR) is 138 cm³/mol. The van der Waals surface area contributed by atoms with Crippen molar-refractivity contribution in [2.75, 3.05) is 29.5 Å². The van der Waals surface area contributed by atoms with E-state index in [1.807, 2.05) is 75.7 Å². The van der Waals surface area contributed by atoms with E-state index in [2.05, 4.69) is 20.3 Å². The molecule has 0 saturated carbocycles. The second kappa shape index (κ2) is 9.13. The Balaban J connectivity index is 1.31. The number of aryl methyl sites for hydroxylation is 1. The Bertz CT molecular complexity index is 1400. The summed E-state index contributed by atoms with van der Waals surface area (Å²) in [5.41, 5.74) is 12.5. The van der Waals surface area contributed by atoms with Crippen LogP contribution < -0.4 is 20.7 Å². The lowest BCUT2D eigenvalue weighted by Gasteiger charge is -2.18. The summed E-state index contributed by atoms with van der Waals surface area (Å²) in [4.78, 5) is 19.4. The fourth-order valence-corrected chi connectivity index (χ4v) is 4.29. The van der Waals surface area contributed by atoms with Crippen LogP contribution in [-0.4, -0.2) is 34.3 Å². The van der Waals surface area contributed by atoms with Crippen LogP contribution in [-0.2, 0) is 13.5 Å². The van der Waals surface area contributed by atoms with E-state index >= 15 is 0 Å². The topological polar surface area (TPSA) is 98.3 Å². The highest BCUT2D eigenvalue weighted by Gasteiger charge is 2.18. The molecule has 0 aliphatic carbocycles. The first-order valence-electron chi connectivity index (χ1n) is 11.5. The lowest BCUT2D eigenvalue weighted by atomic mass is 10.1. The number of likely N-dealkylation sites (N-methyl/N-ethyl adjacent to an activating group) is 1. The maximum Gasteiger partial charge on any atom is 0.255 e. The molecule has 178 valence electrons. The Morgan fingerprint density at radius 2 is 1.97 bits per heavy atom. The highest BCUT2D eigenvalue weighted by Crippen LogP contribution is 2.31. The van der Waals surface area contributed by atoms with Gasteiger partial charge >= 0.3 is 0 Å². The van der Waals surface area contributed by atoms with Crippen molar-refractivity contribution in [1.82, 2.24) is 14.8 Å². The number of benzene rings is 2. The van der Waals surface area contributed by atoms with Crippen molar-refractivity contribution >= 4 is 23.1 Å². The molecule has 5 rings (SSSR count). The smallest absolute Gasteiger partial charge is 0.255 e. The fraction of sp³-hybridized carbons (Fsp3) is 0.222. The molecule has 2 aromatic carbocycles. The van der Waals surface area contributed by atoms with E-state index in [0.717, 1.165) is 35.3 Å². The SMILES string of the molecule is C[C@@H](Oc1cc(-c2cnn(C)c2)cnc1N)c1cccc(NC(=O)c2ccc3c(c2)N(C)CC3)c1. The first kappa shape index (κ1) is 22.5. The van der Waals surface area contributed by atoms with E-state index in [9.17, 15) is 4.79 Å². The van der Waals surface area contributed by atoms with Gasteiger partial charge in [0, 0.05) is 61.1 Å². The standard InChI is InChI=1S/C27H28N6O2/c1-17(35-25-13-21(14-29-26(25)28)22-15-30-33(3)16-22)19-5-4-6-23(11-19)31-27(34)20-8-7-18-9-10-32(2)24(18)12-20/h4-8,11-17H,9-10H2,1-3H3,(H2,28,29)(H,31,34)/t17-/m1/s1. The number of ether oxygens (including phenoxy) is 1. The van der Waals surface area contributed by atoms with Gasteiger partial charge in [-0.3, -0.25) is 9.48 Å². The molecule has 3 N–H and O–H groups in total. The van der Waals surface area contributed by atoms with E-state index in [1.54, 1.807) is 17.1 Å². The Morgan fingerprint density at radius 1 is 1.11 bits per heavy atom. The molecule has 0 bridgehead atoms. The van der Waals surface area contributed by atoms with Crippen LogP contribution in [0, 0.1) is 0 Å². The first-order chi connectivity index (χ1) is 16.9. The summed E-state index contributed by atoms with van der Waals surface area (Å²) in [5, 5.41) is 7.22. The third-order valence-corrected chi connectivity index (χ3v) is 6.31. The van der Waals surface area contributed by atoms with E-state index < -0.39 is 0 Å². The van der Waals surface area contributed by atoms with Crippen LogP contribution in [0.4, 0.5) is 17.2 Å². The van der Waals surface area contributed by atoms with E-state index in [1.165, 1.54) is 5.56 Å². The molecule has 1 aliphatic heterocycles. The molecule has 2 aromatic heterocycles. The summed E-state index contributed by atoms with van der Waals surface area (Å²) in [6, 6.07) is 15.4. The number of amides is 1. The number of pyridine rings is 1. The van der Waals surface area contributed by atoms with E-state index in [-0.39, 0.29) is 12.0 Å². The number of rotatable bonds is 6. The van der Waals surface area contributed by atoms with Gasteiger partial charge in [0.05, 0.1) is 6.20 Å². The van der Waals surface area contributed by atoms with Gasteiger partial charge in [-0.05, 0) is 54.8 Å². The Hall–Kier alpha value is -4.33. The minimum Gasteiger partial charge on any atom is -0.482 e. The van der Waals surface area contributed by atoms with Crippen LogP contribution in [0.1, 0.15) is 34.5 Å². The molecule has 1 aliphatic rings. The molecule has 0 spiro atoms. The largest absolute Gasteiger partial charge is 0.482 e. The normalized spacial score (nSPS) is 13.4. The van der Waals surface area contributed by atoms with Crippen molar-refractivity contribution < 1.29 is 9.53 Å². The highest BCUT2D eigenvalue weighted by atomic mass is 16.5. The number of nitrogen functional groups attached to an aromatic ring is 1. The average molecular weight is 469 g/mol. The van der Waals surface area contributed by atoms with Crippen molar-refractivity contribution in [3.63, 3.8) is 0 Å². The van der Waals surface area contributed by atoms with Crippen LogP contribution in [0.2, 0.25) is 0 Å². The number of nitrogens with one attached hydrogen (secondary N) is 1. The molecular weight excluding hydrogens is 440 g/mol. The molecule has 3 heterocycles. The number of hydrogen-bond acceptors (Lipinski definition) is 6. The fourth-order valence-electron chi connectivity index (χ4n) is 4.29. The van der Waals surface area contributed by atoms with E-state index in [4.69, 9.17) is 10.5 Å². The summed E-state index contributed by atoms with van der Waals surface area (Å²) in [6.07, 6.45) is 6.08. The number of anilines is 3. The number of hydrogen-bond donors (Lipinski definition) is 2. The van der Waals surface area contributed by atoms with Crippen molar-refractivity contribution in [3.8, 4) is 16.9 Å². The second-order valence-electron chi connectivity index (χ2n) is 8.86. The van der Waals surface area contributed by atoms with Crippen molar-refractivity contribution in [2.45, 2.75) is 19.4 Å². The molecule has 0 saturated heterocycles. The molecule has 1 atom stereocenters. The van der Waals surface area contributed by atoms with Gasteiger partial charge in [-0.2, -0.15) is 5.10 Å². The van der Waals surface area contributed by atoms with Gasteiger partial charge in [0.15, 0.2) is 11.6 Å². The van der Waals surface area contributed by atoms with Crippen LogP contribution in [0.3, 0.4) is 0 Å². The molecule has 0 radical (unpaired) electrons. The van der Waals surface area contributed by atoms with Gasteiger partial charge in [0.2, 0.25) is 0 Å². The molecule has 0 fully saturated rings. The zero-order valence-electron chi connectivity index (χ0n) is 20.0. The van der Waals surface area contributed by atoms with Gasteiger partial charge in [-0.25, -0.2) is 4.98 Å². The molecule has 8 heteroatoms. The zero-order valence-corrected chi connectivity index (χ0v) is 20.0. The monoisotopic (exact) mass is 468 g/mol. The second-order valence-corrected chi connectivity index (χ2v) is 8.86. The van der Waals surface area contributed by atoms with Crippen LogP contribution >= 0.6 is 0 Å². The number of nitrogens with two attached hydrogens (primary N) is 1. The maximum atomic E-state index is 12.9. The summed E-state index contributed by atoms with van der Waals surface area (Å²) in [7, 11) is 3.91. The van der Waals surface area contributed by atoms with Crippen molar-refractivity contribution in [2.24, 2.45) is 7.05 Å². The lowest BCUT2D eigenvalue weighted by molar-refractivity contribution is 0.102. The third-order valence-electron chi connectivity index (χ3n) is 6.31. The molecule has 0 unspecified atom stereocenters. The van der Waals surface area contributed by atoms with Gasteiger partial charge in [-0.15, -0.1) is 0 Å². The van der Waals surface area contributed by atoms with Crippen molar-refractivity contribution in [1.29, 1.82) is 0 Å². The van der Waals surface area contributed by atoms with Crippen molar-refractivity contribution in [3.05, 3.63) is 83.8 Å². The van der Waals surface area contributed by atoms with E-state index in [0.29, 0.717) is 22.8 Å². The Morgan fingerprint density at radius 3 is 2.77 bits per heavy atom. The van der Waals surface area contributed by atoms with Crippen LogP contribution in [0.5, 0.6) is 5.75 Å². The summed E-state index contributed by atoms with van der Waals surface area (Å²) in [6.45, 7) is 2.92. The van der Waals surface area contributed by atoms with Gasteiger partial charge in [0.1, 0.15) is 6.10 Å². The lowest BCUT2D eigenvalue weighted by Crippen LogP contribution is -2.15. The number of fused-ring (bicyclic) bond motifs is 1. The molecule has 35 heavy (non-hydrogen) atoms. The third kappa shape index (κ3) is 4.68. The average Bonchev–Trinajstić information content (AvgIpc) is 3.46. The van der Waals surface area contributed by atoms with Gasteiger partial charge in [0.25, 0.3) is 5.91 Å². The summed E-state index contributed by atoms with van der Waals surface area (Å²) < 4.78 is 7.91. The minimum atomic E-state index is -0.311. The summed E-state index contributed by atoms with van der Waals surface area (Å²) in [5.74, 6) is 0.669. The Labute approximate surface area is 204 Å². The molecular formula is C27H28N6O2. The number of aromatic nitrogens is 3. The Kier molecular flexibility index (Phi) is 5.86. The number of carbonyl (C=O) groups is 1. The number of nitrogens with zero attached hydrogens (tertiary/aromatic N) is 4. The maximum absolute atomic E-state index is 12.9. The van der Waals surface area contributed by atoms with Crippen LogP contribution in [0.25, 0.3) is 11.1 Å². The number of carbonyl (C=O) groups excluding carboxylic acids is 1. The van der Waals surface area contributed by atoms with Crippen LogP contribution in [0.15, 0.2) is 67.1 Å². The molecule has 4 aromatic rings. The minimum absolute atomic E-state index is 0.142. The summed E-state index contributed by atoms with van der Waals surface area (Å²) >= 11 is 0. The molecule has 1 amide bonds. The first-order valence-corrected chi connectivity index (χ1v) is 11.5. The van der Waals surface area contributed by atoms with Gasteiger partial charge < -0.3 is 20.7 Å². The predicted octanol–water partition coefficient (Wildman–Crippen LogP) is 4.45. The highest BCUT2D eigenvalue weighted by molar-refractivity contribution is 6.05. The molecule has 8 nitrogen and oxygen atoms in total. The van der Waals surface area contributed by atoms with Gasteiger partial charge in [-0.1, -0.05) is 18.2 Å². The zero-order chi connectivity index (χ0) is 24.5.